The molecule has 106 valence electrons. The SMILES string of the molecule is CC1(C)COCC(CCN)N1Cc1ccccc1Cl. The third-order valence-electron chi connectivity index (χ3n) is 3.78. The van der Waals surface area contributed by atoms with Gasteiger partial charge in [-0.15, -0.1) is 0 Å². The molecule has 2 rings (SSSR count). The van der Waals surface area contributed by atoms with E-state index in [1.807, 2.05) is 18.2 Å². The summed E-state index contributed by atoms with van der Waals surface area (Å²) < 4.78 is 5.72. The van der Waals surface area contributed by atoms with Gasteiger partial charge in [0.1, 0.15) is 0 Å². The molecular weight excluding hydrogens is 260 g/mol. The van der Waals surface area contributed by atoms with Crippen LogP contribution in [0.5, 0.6) is 0 Å². The highest BCUT2D eigenvalue weighted by atomic mass is 35.5. The molecule has 19 heavy (non-hydrogen) atoms. The molecule has 3 nitrogen and oxygen atoms in total. The lowest BCUT2D eigenvalue weighted by Gasteiger charge is -2.47. The topological polar surface area (TPSA) is 38.5 Å². The summed E-state index contributed by atoms with van der Waals surface area (Å²) in [6.45, 7) is 7.46. The third-order valence-corrected chi connectivity index (χ3v) is 4.15. The van der Waals surface area contributed by atoms with E-state index in [2.05, 4.69) is 24.8 Å². The fourth-order valence-electron chi connectivity index (χ4n) is 2.70. The van der Waals surface area contributed by atoms with E-state index < -0.39 is 0 Å². The zero-order chi connectivity index (χ0) is 13.9. The van der Waals surface area contributed by atoms with Crippen LogP contribution in [0, 0.1) is 0 Å². The van der Waals surface area contributed by atoms with Gasteiger partial charge in [-0.3, -0.25) is 4.90 Å². The van der Waals surface area contributed by atoms with Gasteiger partial charge in [0.05, 0.1) is 13.2 Å². The van der Waals surface area contributed by atoms with Crippen molar-refractivity contribution >= 4 is 11.6 Å². The van der Waals surface area contributed by atoms with Crippen molar-refractivity contribution in [3.63, 3.8) is 0 Å². The summed E-state index contributed by atoms with van der Waals surface area (Å²) in [5, 5.41) is 0.830. The van der Waals surface area contributed by atoms with E-state index in [0.29, 0.717) is 12.6 Å². The highest BCUT2D eigenvalue weighted by Crippen LogP contribution is 2.29. The maximum absolute atomic E-state index is 6.28. The molecule has 1 unspecified atom stereocenters. The molecule has 1 atom stereocenters. The standard InChI is InChI=1S/C15H23ClN2O/c1-15(2)11-19-10-13(7-8-17)18(15)9-12-5-3-4-6-14(12)16/h3-6,13H,7-11,17H2,1-2H3. The van der Waals surface area contributed by atoms with Gasteiger partial charge in [-0.2, -0.15) is 0 Å². The molecule has 0 bridgehead atoms. The molecular formula is C15H23ClN2O. The van der Waals surface area contributed by atoms with Crippen LogP contribution >= 0.6 is 11.6 Å². The van der Waals surface area contributed by atoms with Crippen LogP contribution in [0.15, 0.2) is 24.3 Å². The Hall–Kier alpha value is -0.610. The number of nitrogens with zero attached hydrogens (tertiary/aromatic N) is 1. The fraction of sp³-hybridized carbons (Fsp3) is 0.600. The number of nitrogens with two attached hydrogens (primary N) is 1. The Morgan fingerprint density at radius 1 is 1.42 bits per heavy atom. The summed E-state index contributed by atoms with van der Waals surface area (Å²) in [4.78, 5) is 2.48. The number of hydrogen-bond donors (Lipinski definition) is 1. The number of morpholine rings is 1. The van der Waals surface area contributed by atoms with Crippen LogP contribution in [0.25, 0.3) is 0 Å². The molecule has 0 aliphatic carbocycles. The van der Waals surface area contributed by atoms with Crippen LogP contribution < -0.4 is 5.73 Å². The summed E-state index contributed by atoms with van der Waals surface area (Å²) >= 11 is 6.28. The van der Waals surface area contributed by atoms with Crippen molar-refractivity contribution in [2.75, 3.05) is 19.8 Å². The second kappa shape index (κ2) is 6.23. The van der Waals surface area contributed by atoms with Gasteiger partial charge in [0.15, 0.2) is 0 Å². The number of halogens is 1. The molecule has 1 aromatic rings. The lowest BCUT2D eigenvalue weighted by Crippen LogP contribution is -2.58. The first-order chi connectivity index (χ1) is 9.04. The van der Waals surface area contributed by atoms with Crippen molar-refractivity contribution in [3.05, 3.63) is 34.9 Å². The minimum Gasteiger partial charge on any atom is -0.378 e. The quantitative estimate of drug-likeness (QED) is 0.923. The van der Waals surface area contributed by atoms with Crippen molar-refractivity contribution < 1.29 is 4.74 Å². The molecule has 0 aromatic heterocycles. The van der Waals surface area contributed by atoms with Gasteiger partial charge >= 0.3 is 0 Å². The van der Waals surface area contributed by atoms with Gasteiger partial charge in [0.25, 0.3) is 0 Å². The summed E-state index contributed by atoms with van der Waals surface area (Å²) in [5.41, 5.74) is 6.90. The van der Waals surface area contributed by atoms with Gasteiger partial charge < -0.3 is 10.5 Å². The molecule has 1 fully saturated rings. The van der Waals surface area contributed by atoms with Crippen molar-refractivity contribution in [1.82, 2.24) is 4.90 Å². The zero-order valence-electron chi connectivity index (χ0n) is 11.7. The Kier molecular flexibility index (Phi) is 4.85. The van der Waals surface area contributed by atoms with Crippen LogP contribution in [0.3, 0.4) is 0 Å². The summed E-state index contributed by atoms with van der Waals surface area (Å²) in [6.07, 6.45) is 0.952. The molecule has 1 heterocycles. The molecule has 2 N–H and O–H groups in total. The van der Waals surface area contributed by atoms with Gasteiger partial charge in [-0.05, 0) is 38.4 Å². The van der Waals surface area contributed by atoms with Gasteiger partial charge in [-0.1, -0.05) is 29.8 Å². The molecule has 0 spiro atoms. The van der Waals surface area contributed by atoms with E-state index >= 15 is 0 Å². The molecule has 1 aromatic carbocycles. The van der Waals surface area contributed by atoms with E-state index in [1.54, 1.807) is 0 Å². The lowest BCUT2D eigenvalue weighted by molar-refractivity contribution is -0.0955. The predicted octanol–water partition coefficient (Wildman–Crippen LogP) is 2.67. The summed E-state index contributed by atoms with van der Waals surface area (Å²) in [7, 11) is 0. The first-order valence-corrected chi connectivity index (χ1v) is 7.20. The largest absolute Gasteiger partial charge is 0.378 e. The Labute approximate surface area is 120 Å². The third kappa shape index (κ3) is 3.48. The predicted molar refractivity (Wildman–Crippen MR) is 79.4 cm³/mol. The highest BCUT2D eigenvalue weighted by molar-refractivity contribution is 6.31. The number of hydrogen-bond acceptors (Lipinski definition) is 3. The van der Waals surface area contributed by atoms with Gasteiger partial charge in [-0.25, -0.2) is 0 Å². The van der Waals surface area contributed by atoms with Crippen molar-refractivity contribution in [2.24, 2.45) is 5.73 Å². The van der Waals surface area contributed by atoms with Crippen molar-refractivity contribution in [3.8, 4) is 0 Å². The van der Waals surface area contributed by atoms with E-state index in [9.17, 15) is 0 Å². The molecule has 4 heteroatoms. The van der Waals surface area contributed by atoms with E-state index in [1.165, 1.54) is 5.56 Å². The average molecular weight is 283 g/mol. The molecule has 0 saturated carbocycles. The summed E-state index contributed by atoms with van der Waals surface area (Å²) in [6, 6.07) is 8.40. The minimum atomic E-state index is 0.0112. The maximum Gasteiger partial charge on any atom is 0.0646 e. The number of rotatable bonds is 4. The smallest absolute Gasteiger partial charge is 0.0646 e. The highest BCUT2D eigenvalue weighted by Gasteiger charge is 2.36. The van der Waals surface area contributed by atoms with Crippen LogP contribution in [-0.4, -0.2) is 36.2 Å². The second-order valence-corrected chi connectivity index (χ2v) is 6.19. The van der Waals surface area contributed by atoms with Crippen LogP contribution in [0.4, 0.5) is 0 Å². The second-order valence-electron chi connectivity index (χ2n) is 5.78. The molecule has 1 aliphatic rings. The van der Waals surface area contributed by atoms with Crippen LogP contribution in [-0.2, 0) is 11.3 Å². The van der Waals surface area contributed by atoms with Crippen LogP contribution in [0.1, 0.15) is 25.8 Å². The Bertz CT molecular complexity index is 420. The van der Waals surface area contributed by atoms with E-state index in [4.69, 9.17) is 22.1 Å². The Morgan fingerprint density at radius 2 is 2.16 bits per heavy atom. The van der Waals surface area contributed by atoms with E-state index in [-0.39, 0.29) is 5.54 Å². The molecule has 0 amide bonds. The first-order valence-electron chi connectivity index (χ1n) is 6.82. The van der Waals surface area contributed by atoms with Gasteiger partial charge in [0.2, 0.25) is 0 Å². The molecule has 1 saturated heterocycles. The maximum atomic E-state index is 6.28. The van der Waals surface area contributed by atoms with Crippen LogP contribution in [0.2, 0.25) is 5.02 Å². The zero-order valence-corrected chi connectivity index (χ0v) is 12.5. The summed E-state index contributed by atoms with van der Waals surface area (Å²) in [5.74, 6) is 0. The first kappa shape index (κ1) is 14.8. The lowest BCUT2D eigenvalue weighted by atomic mass is 9.96. The monoisotopic (exact) mass is 282 g/mol. The fourth-order valence-corrected chi connectivity index (χ4v) is 2.89. The van der Waals surface area contributed by atoms with Crippen molar-refractivity contribution in [2.45, 2.75) is 38.4 Å². The average Bonchev–Trinajstić information content (AvgIpc) is 2.35. The Morgan fingerprint density at radius 3 is 2.84 bits per heavy atom. The number of benzene rings is 1. The molecule has 0 radical (unpaired) electrons. The van der Waals surface area contributed by atoms with Gasteiger partial charge in [0, 0.05) is 23.1 Å². The molecule has 1 aliphatic heterocycles. The Balaban J connectivity index is 2.19. The normalized spacial score (nSPS) is 23.5. The number of ether oxygens (including phenoxy) is 1. The minimum absolute atomic E-state index is 0.0112. The van der Waals surface area contributed by atoms with E-state index in [0.717, 1.165) is 31.2 Å². The van der Waals surface area contributed by atoms with Crippen molar-refractivity contribution in [1.29, 1.82) is 0 Å².